The molecule has 6 nitrogen and oxygen atoms in total. The molecule has 2 amide bonds. The third-order valence-electron chi connectivity index (χ3n) is 4.27. The van der Waals surface area contributed by atoms with Crippen molar-refractivity contribution in [2.75, 3.05) is 13.7 Å². The van der Waals surface area contributed by atoms with Gasteiger partial charge in [-0.1, -0.05) is 25.8 Å². The van der Waals surface area contributed by atoms with Gasteiger partial charge in [0.15, 0.2) is 18.1 Å². The summed E-state index contributed by atoms with van der Waals surface area (Å²) in [5, 5.41) is 3.00. The molecule has 1 aromatic carbocycles. The summed E-state index contributed by atoms with van der Waals surface area (Å²) in [6.45, 7) is 1.97. The maximum absolute atomic E-state index is 12.1. The van der Waals surface area contributed by atoms with Gasteiger partial charge in [0, 0.05) is 6.04 Å². The molecule has 6 heteroatoms. The Bertz CT molecular complexity index is 574. The third-order valence-corrected chi connectivity index (χ3v) is 4.27. The first-order valence-corrected chi connectivity index (χ1v) is 7.92. The van der Waals surface area contributed by atoms with Crippen molar-refractivity contribution in [3.8, 4) is 11.5 Å². The average molecular weight is 320 g/mol. The molecule has 0 bridgehead atoms. The van der Waals surface area contributed by atoms with E-state index in [0.29, 0.717) is 11.7 Å². The lowest BCUT2D eigenvalue weighted by Crippen LogP contribution is -2.43. The third kappa shape index (κ3) is 4.37. The molecule has 1 aliphatic rings. The van der Waals surface area contributed by atoms with E-state index in [0.717, 1.165) is 19.3 Å². The number of carbonyl (C=O) groups excluding carboxylic acids is 2. The van der Waals surface area contributed by atoms with Gasteiger partial charge in [0.1, 0.15) is 0 Å². The number of hydrogen-bond donors (Lipinski definition) is 2. The van der Waals surface area contributed by atoms with Crippen LogP contribution in [0.5, 0.6) is 11.5 Å². The second-order valence-corrected chi connectivity index (χ2v) is 5.93. The van der Waals surface area contributed by atoms with Crippen molar-refractivity contribution < 1.29 is 19.1 Å². The number of ether oxygens (including phenoxy) is 2. The number of para-hydroxylation sites is 1. The van der Waals surface area contributed by atoms with Gasteiger partial charge in [-0.15, -0.1) is 0 Å². The lowest BCUT2D eigenvalue weighted by Gasteiger charge is -2.29. The van der Waals surface area contributed by atoms with E-state index in [1.165, 1.54) is 13.5 Å². The van der Waals surface area contributed by atoms with E-state index in [1.54, 1.807) is 18.2 Å². The fraction of sp³-hybridized carbons (Fsp3) is 0.529. The zero-order chi connectivity index (χ0) is 16.8. The van der Waals surface area contributed by atoms with Gasteiger partial charge >= 0.3 is 0 Å². The van der Waals surface area contributed by atoms with Crippen molar-refractivity contribution in [3.63, 3.8) is 0 Å². The van der Waals surface area contributed by atoms with Crippen molar-refractivity contribution >= 4 is 11.8 Å². The first-order valence-electron chi connectivity index (χ1n) is 7.92. The van der Waals surface area contributed by atoms with Crippen molar-refractivity contribution in [2.45, 2.75) is 38.6 Å². The summed E-state index contributed by atoms with van der Waals surface area (Å²) in [5.41, 5.74) is 5.53. The predicted octanol–water partition coefficient (Wildman–Crippen LogP) is 1.87. The van der Waals surface area contributed by atoms with Crippen LogP contribution in [0.15, 0.2) is 18.2 Å². The van der Waals surface area contributed by atoms with Crippen LogP contribution in [-0.4, -0.2) is 31.6 Å². The molecular weight excluding hydrogens is 296 g/mol. The Labute approximate surface area is 136 Å². The summed E-state index contributed by atoms with van der Waals surface area (Å²) in [6, 6.07) is 5.04. The number of nitrogens with two attached hydrogens (primary N) is 1. The van der Waals surface area contributed by atoms with Gasteiger partial charge in [0.05, 0.1) is 12.7 Å². The highest BCUT2D eigenvalue weighted by Gasteiger charge is 2.23. The molecule has 3 N–H and O–H groups in total. The van der Waals surface area contributed by atoms with E-state index in [2.05, 4.69) is 12.2 Å². The maximum Gasteiger partial charge on any atom is 0.258 e. The Morgan fingerprint density at radius 2 is 2.04 bits per heavy atom. The van der Waals surface area contributed by atoms with Crippen LogP contribution in [-0.2, 0) is 4.79 Å². The number of amides is 2. The van der Waals surface area contributed by atoms with E-state index in [4.69, 9.17) is 15.2 Å². The Kier molecular flexibility index (Phi) is 5.84. The largest absolute Gasteiger partial charge is 0.493 e. The smallest absolute Gasteiger partial charge is 0.258 e. The molecule has 126 valence electrons. The standard InChI is InChI=1S/C17H24N2O4/c1-11-6-3-4-8-13(11)19-15(20)10-23-16-12(17(18)21)7-5-9-14(16)22-2/h5,7,9,11,13H,3-4,6,8,10H2,1-2H3,(H2,18,21)(H,19,20). The monoisotopic (exact) mass is 320 g/mol. The fourth-order valence-corrected chi connectivity index (χ4v) is 2.94. The lowest BCUT2D eigenvalue weighted by molar-refractivity contribution is -0.124. The number of nitrogens with one attached hydrogen (secondary N) is 1. The normalized spacial score (nSPS) is 20.6. The van der Waals surface area contributed by atoms with E-state index in [9.17, 15) is 9.59 Å². The zero-order valence-corrected chi connectivity index (χ0v) is 13.6. The Morgan fingerprint density at radius 1 is 1.30 bits per heavy atom. The topological polar surface area (TPSA) is 90.7 Å². The number of primary amides is 1. The average Bonchev–Trinajstić information content (AvgIpc) is 2.54. The van der Waals surface area contributed by atoms with E-state index in [1.807, 2.05) is 0 Å². The van der Waals surface area contributed by atoms with Crippen molar-refractivity contribution in [2.24, 2.45) is 11.7 Å². The summed E-state index contributed by atoms with van der Waals surface area (Å²) in [5.74, 6) is 0.222. The minimum absolute atomic E-state index is 0.177. The molecule has 1 aliphatic carbocycles. The van der Waals surface area contributed by atoms with Gasteiger partial charge in [-0.3, -0.25) is 9.59 Å². The van der Waals surface area contributed by atoms with Crippen LogP contribution in [0.2, 0.25) is 0 Å². The Morgan fingerprint density at radius 3 is 2.70 bits per heavy atom. The number of rotatable bonds is 6. The van der Waals surface area contributed by atoms with Crippen LogP contribution in [0, 0.1) is 5.92 Å². The van der Waals surface area contributed by atoms with E-state index < -0.39 is 5.91 Å². The van der Waals surface area contributed by atoms with Gasteiger partial charge in [-0.05, 0) is 30.9 Å². The van der Waals surface area contributed by atoms with Crippen LogP contribution < -0.4 is 20.5 Å². The Balaban J connectivity index is 2.00. The highest BCUT2D eigenvalue weighted by atomic mass is 16.5. The van der Waals surface area contributed by atoms with Crippen LogP contribution >= 0.6 is 0 Å². The molecule has 0 spiro atoms. The summed E-state index contributed by atoms with van der Waals surface area (Å²) in [6.07, 6.45) is 4.47. The van der Waals surface area contributed by atoms with Crippen molar-refractivity contribution in [3.05, 3.63) is 23.8 Å². The molecule has 0 aliphatic heterocycles. The quantitative estimate of drug-likeness (QED) is 0.837. The number of methoxy groups -OCH3 is 1. The van der Waals surface area contributed by atoms with Gasteiger partial charge < -0.3 is 20.5 Å². The molecule has 0 saturated heterocycles. The summed E-state index contributed by atoms with van der Waals surface area (Å²) >= 11 is 0. The van der Waals surface area contributed by atoms with E-state index in [-0.39, 0.29) is 29.9 Å². The van der Waals surface area contributed by atoms with Crippen LogP contribution in [0.3, 0.4) is 0 Å². The zero-order valence-electron chi connectivity index (χ0n) is 13.6. The Hall–Kier alpha value is -2.24. The molecule has 2 unspecified atom stereocenters. The predicted molar refractivity (Wildman–Crippen MR) is 86.6 cm³/mol. The molecule has 2 atom stereocenters. The minimum Gasteiger partial charge on any atom is -0.493 e. The van der Waals surface area contributed by atoms with Crippen molar-refractivity contribution in [1.82, 2.24) is 5.32 Å². The highest BCUT2D eigenvalue weighted by molar-refractivity contribution is 5.96. The SMILES string of the molecule is COc1cccc(C(N)=O)c1OCC(=O)NC1CCCCC1C. The fourth-order valence-electron chi connectivity index (χ4n) is 2.94. The molecule has 1 aromatic rings. The summed E-state index contributed by atoms with van der Waals surface area (Å²) in [4.78, 5) is 23.6. The molecule has 0 aromatic heterocycles. The van der Waals surface area contributed by atoms with Gasteiger partial charge in [-0.2, -0.15) is 0 Å². The molecule has 1 saturated carbocycles. The number of hydrogen-bond acceptors (Lipinski definition) is 4. The minimum atomic E-state index is -0.625. The molecule has 1 fully saturated rings. The van der Waals surface area contributed by atoms with Crippen LogP contribution in [0.1, 0.15) is 43.0 Å². The second kappa shape index (κ2) is 7.85. The number of benzene rings is 1. The van der Waals surface area contributed by atoms with E-state index >= 15 is 0 Å². The van der Waals surface area contributed by atoms with Crippen LogP contribution in [0.25, 0.3) is 0 Å². The van der Waals surface area contributed by atoms with Gasteiger partial charge in [0.2, 0.25) is 0 Å². The first kappa shape index (κ1) is 17.1. The van der Waals surface area contributed by atoms with Gasteiger partial charge in [0.25, 0.3) is 11.8 Å². The van der Waals surface area contributed by atoms with Crippen molar-refractivity contribution in [1.29, 1.82) is 0 Å². The maximum atomic E-state index is 12.1. The molecule has 2 rings (SSSR count). The first-order chi connectivity index (χ1) is 11.0. The summed E-state index contributed by atoms with van der Waals surface area (Å²) < 4.78 is 10.7. The molecular formula is C17H24N2O4. The molecule has 0 radical (unpaired) electrons. The summed E-state index contributed by atoms with van der Waals surface area (Å²) in [7, 11) is 1.47. The second-order valence-electron chi connectivity index (χ2n) is 5.93. The van der Waals surface area contributed by atoms with Crippen LogP contribution in [0.4, 0.5) is 0 Å². The lowest BCUT2D eigenvalue weighted by atomic mass is 9.86. The van der Waals surface area contributed by atoms with Gasteiger partial charge in [-0.25, -0.2) is 0 Å². The molecule has 23 heavy (non-hydrogen) atoms. The highest BCUT2D eigenvalue weighted by Crippen LogP contribution is 2.30. The number of carbonyl (C=O) groups is 2. The molecule has 0 heterocycles.